The van der Waals surface area contributed by atoms with E-state index < -0.39 is 17.6 Å². The molecule has 7 nitrogen and oxygen atoms in total. The average molecular weight is 358 g/mol. The molecule has 1 fully saturated rings. The number of hydrogen-bond acceptors (Lipinski definition) is 6. The van der Waals surface area contributed by atoms with E-state index in [1.54, 1.807) is 19.9 Å². The topological polar surface area (TPSA) is 69.8 Å². The number of halogens is 3. The Morgan fingerprint density at radius 2 is 1.92 bits per heavy atom. The van der Waals surface area contributed by atoms with Gasteiger partial charge in [0.2, 0.25) is 0 Å². The van der Waals surface area contributed by atoms with Gasteiger partial charge >= 0.3 is 6.18 Å². The summed E-state index contributed by atoms with van der Waals surface area (Å²) in [5, 5.41) is 20.8. The summed E-state index contributed by atoms with van der Waals surface area (Å²) in [7, 11) is 0. The van der Waals surface area contributed by atoms with Gasteiger partial charge in [-0.05, 0) is 32.9 Å². The zero-order valence-electron chi connectivity index (χ0n) is 14.3. The third-order valence-electron chi connectivity index (χ3n) is 4.12. The number of anilines is 1. The molecule has 2 aromatic rings. The summed E-state index contributed by atoms with van der Waals surface area (Å²) >= 11 is 0. The molecule has 1 unspecified atom stereocenters. The molecule has 0 radical (unpaired) electrons. The van der Waals surface area contributed by atoms with Crippen LogP contribution in [0.5, 0.6) is 0 Å². The van der Waals surface area contributed by atoms with Gasteiger partial charge < -0.3 is 10.0 Å². The Morgan fingerprint density at radius 1 is 1.20 bits per heavy atom. The number of piperazine rings is 1. The Kier molecular flexibility index (Phi) is 4.36. The van der Waals surface area contributed by atoms with Crippen LogP contribution in [0.4, 0.5) is 19.0 Å². The number of alkyl halides is 3. The predicted molar refractivity (Wildman–Crippen MR) is 85.3 cm³/mol. The van der Waals surface area contributed by atoms with E-state index in [-0.39, 0.29) is 11.7 Å². The largest absolute Gasteiger partial charge is 0.453 e. The smallest absolute Gasteiger partial charge is 0.389 e. The first-order valence-electron chi connectivity index (χ1n) is 8.06. The molecule has 138 valence electrons. The minimum atomic E-state index is -4.61. The van der Waals surface area contributed by atoms with Crippen LogP contribution in [-0.4, -0.2) is 67.6 Å². The molecule has 0 aliphatic carbocycles. The molecular formula is C15H21F3N6O. The van der Waals surface area contributed by atoms with E-state index in [2.05, 4.69) is 20.2 Å². The molecule has 10 heteroatoms. The van der Waals surface area contributed by atoms with Crippen molar-refractivity contribution in [1.29, 1.82) is 0 Å². The van der Waals surface area contributed by atoms with Crippen LogP contribution in [0.15, 0.2) is 12.1 Å². The standard InChI is InChI=1S/C15H21F3N6O/c1-10-8-22(9-14(2,3)25)6-7-23(10)12-5-4-11-19-20-13(15(16,17)18)24(11)21-12/h4-5,10,25H,6-9H2,1-3H3. The highest BCUT2D eigenvalue weighted by atomic mass is 19.4. The van der Waals surface area contributed by atoms with Gasteiger partial charge in [0.15, 0.2) is 5.65 Å². The summed E-state index contributed by atoms with van der Waals surface area (Å²) in [5.74, 6) is -0.675. The highest BCUT2D eigenvalue weighted by Crippen LogP contribution is 2.28. The number of hydrogen-bond donors (Lipinski definition) is 1. The third kappa shape index (κ3) is 3.84. The molecule has 0 amide bonds. The van der Waals surface area contributed by atoms with Crippen molar-refractivity contribution in [1.82, 2.24) is 24.7 Å². The number of β-amino-alcohol motifs (C(OH)–C–C–N with tert-alkyl or cyclic N) is 1. The number of fused-ring (bicyclic) bond motifs is 1. The first kappa shape index (κ1) is 17.9. The second-order valence-electron chi connectivity index (χ2n) is 7.07. The molecule has 1 atom stereocenters. The summed E-state index contributed by atoms with van der Waals surface area (Å²) in [6.45, 7) is 8.04. The Labute approximate surface area is 143 Å². The molecule has 25 heavy (non-hydrogen) atoms. The zero-order valence-corrected chi connectivity index (χ0v) is 14.3. The average Bonchev–Trinajstić information content (AvgIpc) is 2.88. The van der Waals surface area contributed by atoms with Crippen LogP contribution in [0, 0.1) is 0 Å². The molecule has 1 aliphatic rings. The van der Waals surface area contributed by atoms with E-state index in [0.29, 0.717) is 32.0 Å². The van der Waals surface area contributed by atoms with Gasteiger partial charge in [-0.15, -0.1) is 15.3 Å². The fourth-order valence-corrected chi connectivity index (χ4v) is 3.17. The molecule has 3 rings (SSSR count). The van der Waals surface area contributed by atoms with Crippen molar-refractivity contribution in [3.05, 3.63) is 18.0 Å². The zero-order chi connectivity index (χ0) is 18.4. The van der Waals surface area contributed by atoms with Gasteiger partial charge in [0, 0.05) is 32.2 Å². The minimum absolute atomic E-state index is 0.0480. The van der Waals surface area contributed by atoms with Gasteiger partial charge in [-0.25, -0.2) is 0 Å². The van der Waals surface area contributed by atoms with Gasteiger partial charge in [0.25, 0.3) is 5.82 Å². The second kappa shape index (κ2) is 6.10. The van der Waals surface area contributed by atoms with Crippen LogP contribution in [0.3, 0.4) is 0 Å². The lowest BCUT2D eigenvalue weighted by Crippen LogP contribution is -2.55. The van der Waals surface area contributed by atoms with Crippen molar-refractivity contribution in [2.24, 2.45) is 0 Å². The van der Waals surface area contributed by atoms with Crippen molar-refractivity contribution >= 4 is 11.5 Å². The molecule has 1 N–H and O–H groups in total. The molecule has 0 saturated carbocycles. The molecule has 2 aromatic heterocycles. The highest BCUT2D eigenvalue weighted by molar-refractivity contribution is 5.47. The van der Waals surface area contributed by atoms with Gasteiger partial charge in [-0.3, -0.25) is 4.90 Å². The van der Waals surface area contributed by atoms with Crippen LogP contribution in [-0.2, 0) is 6.18 Å². The molecule has 0 aromatic carbocycles. The maximum Gasteiger partial charge on any atom is 0.453 e. The summed E-state index contributed by atoms with van der Waals surface area (Å²) in [5.41, 5.74) is -0.729. The van der Waals surface area contributed by atoms with Crippen molar-refractivity contribution in [3.8, 4) is 0 Å². The molecule has 1 saturated heterocycles. The van der Waals surface area contributed by atoms with Crippen molar-refractivity contribution in [3.63, 3.8) is 0 Å². The highest BCUT2D eigenvalue weighted by Gasteiger charge is 2.38. The number of aromatic nitrogens is 4. The lowest BCUT2D eigenvalue weighted by Gasteiger charge is -2.42. The van der Waals surface area contributed by atoms with Crippen molar-refractivity contribution < 1.29 is 18.3 Å². The lowest BCUT2D eigenvalue weighted by atomic mass is 10.1. The first-order chi connectivity index (χ1) is 11.5. The molecule has 0 bridgehead atoms. The molecule has 0 spiro atoms. The minimum Gasteiger partial charge on any atom is -0.389 e. The first-order valence-corrected chi connectivity index (χ1v) is 8.06. The van der Waals surface area contributed by atoms with Gasteiger partial charge in [0.05, 0.1) is 5.60 Å². The molecule has 1 aliphatic heterocycles. The van der Waals surface area contributed by atoms with Crippen LogP contribution >= 0.6 is 0 Å². The van der Waals surface area contributed by atoms with E-state index >= 15 is 0 Å². The summed E-state index contributed by atoms with van der Waals surface area (Å²) in [6, 6.07) is 3.19. The number of nitrogens with zero attached hydrogens (tertiary/aromatic N) is 6. The van der Waals surface area contributed by atoms with E-state index in [1.165, 1.54) is 6.07 Å². The van der Waals surface area contributed by atoms with Crippen LogP contribution in [0.2, 0.25) is 0 Å². The lowest BCUT2D eigenvalue weighted by molar-refractivity contribution is -0.146. The van der Waals surface area contributed by atoms with Crippen LogP contribution < -0.4 is 4.90 Å². The van der Waals surface area contributed by atoms with Crippen LogP contribution in [0.1, 0.15) is 26.6 Å². The van der Waals surface area contributed by atoms with Gasteiger partial charge in [0.1, 0.15) is 5.82 Å². The normalized spacial score (nSPS) is 20.4. The maximum atomic E-state index is 13.0. The van der Waals surface area contributed by atoms with E-state index in [0.717, 1.165) is 4.52 Å². The van der Waals surface area contributed by atoms with Gasteiger partial charge in [-0.2, -0.15) is 17.7 Å². The number of aliphatic hydroxyl groups is 1. The van der Waals surface area contributed by atoms with Crippen molar-refractivity contribution in [2.75, 3.05) is 31.1 Å². The van der Waals surface area contributed by atoms with E-state index in [4.69, 9.17) is 0 Å². The summed E-state index contributed by atoms with van der Waals surface area (Å²) < 4.78 is 39.8. The Morgan fingerprint density at radius 3 is 2.52 bits per heavy atom. The van der Waals surface area contributed by atoms with Gasteiger partial charge in [-0.1, -0.05) is 0 Å². The SMILES string of the molecule is CC1CN(CC(C)(C)O)CCN1c1ccc2nnc(C(F)(F)F)n2n1. The monoisotopic (exact) mass is 358 g/mol. The van der Waals surface area contributed by atoms with Crippen molar-refractivity contribution in [2.45, 2.75) is 38.6 Å². The Bertz CT molecular complexity index is 754. The Balaban J connectivity index is 1.83. The fourth-order valence-electron chi connectivity index (χ4n) is 3.17. The fraction of sp³-hybridized carbons (Fsp3) is 0.667. The van der Waals surface area contributed by atoms with E-state index in [1.807, 2.05) is 11.8 Å². The third-order valence-corrected chi connectivity index (χ3v) is 4.12. The molecular weight excluding hydrogens is 337 g/mol. The van der Waals surface area contributed by atoms with E-state index in [9.17, 15) is 18.3 Å². The summed E-state index contributed by atoms with van der Waals surface area (Å²) in [4.78, 5) is 4.10. The summed E-state index contributed by atoms with van der Waals surface area (Å²) in [6.07, 6.45) is -4.61. The predicted octanol–water partition coefficient (Wildman–Crippen LogP) is 1.42. The quantitative estimate of drug-likeness (QED) is 0.895. The Hall–Kier alpha value is -1.94. The van der Waals surface area contributed by atoms with Crippen LogP contribution in [0.25, 0.3) is 5.65 Å². The second-order valence-corrected chi connectivity index (χ2v) is 7.07. The maximum absolute atomic E-state index is 13.0. The molecule has 3 heterocycles. The number of rotatable bonds is 3.